The monoisotopic (exact) mass is 227 g/mol. The number of hydrogen-bond acceptors (Lipinski definition) is 4. The Morgan fingerprint density at radius 3 is 2.94 bits per heavy atom. The normalized spacial score (nSPS) is 15.9. The van der Waals surface area contributed by atoms with Gasteiger partial charge in [-0.25, -0.2) is 4.39 Å². The van der Waals surface area contributed by atoms with Gasteiger partial charge < -0.3 is 19.9 Å². The molecule has 0 saturated heterocycles. The highest BCUT2D eigenvalue weighted by Crippen LogP contribution is 2.36. The van der Waals surface area contributed by atoms with Crippen LogP contribution in [0.3, 0.4) is 0 Å². The van der Waals surface area contributed by atoms with E-state index in [1.165, 1.54) is 6.07 Å². The Morgan fingerprint density at radius 2 is 2.19 bits per heavy atom. The number of fused-ring (bicyclic) bond motifs is 1. The molecule has 1 aliphatic heterocycles. The molecule has 1 unspecified atom stereocenters. The Kier molecular flexibility index (Phi) is 3.26. The molecule has 2 rings (SSSR count). The molecule has 0 saturated carbocycles. The van der Waals surface area contributed by atoms with E-state index in [2.05, 4.69) is 5.32 Å². The van der Waals surface area contributed by atoms with Crippen molar-refractivity contribution in [3.8, 4) is 11.5 Å². The van der Waals surface area contributed by atoms with Crippen molar-refractivity contribution in [2.24, 2.45) is 0 Å². The highest BCUT2D eigenvalue weighted by Gasteiger charge is 2.22. The van der Waals surface area contributed by atoms with Gasteiger partial charge in [0.05, 0.1) is 6.10 Å². The van der Waals surface area contributed by atoms with Gasteiger partial charge in [0.15, 0.2) is 17.3 Å². The van der Waals surface area contributed by atoms with E-state index in [-0.39, 0.29) is 17.9 Å². The lowest BCUT2D eigenvalue weighted by atomic mass is 10.1. The van der Waals surface area contributed by atoms with Crippen molar-refractivity contribution in [2.45, 2.75) is 6.10 Å². The van der Waals surface area contributed by atoms with Crippen molar-refractivity contribution in [3.05, 3.63) is 23.5 Å². The Hall–Kier alpha value is -1.33. The fraction of sp³-hybridized carbons (Fsp3) is 0.455. The maximum absolute atomic E-state index is 13.9. The maximum Gasteiger partial charge on any atom is 0.197 e. The van der Waals surface area contributed by atoms with Gasteiger partial charge >= 0.3 is 0 Å². The molecular weight excluding hydrogens is 213 g/mol. The molecule has 0 radical (unpaired) electrons. The standard InChI is InChI=1S/C11H14FNO3/c1-13-6-8(14)7-2-3-9-11(10(7)12)16-5-4-15-9/h2-3,8,13-14H,4-6H2,1H3. The topological polar surface area (TPSA) is 50.7 Å². The molecule has 1 aromatic carbocycles. The molecule has 1 aliphatic rings. The molecule has 0 amide bonds. The predicted molar refractivity (Wildman–Crippen MR) is 56.3 cm³/mol. The first-order valence-corrected chi connectivity index (χ1v) is 5.14. The van der Waals surface area contributed by atoms with Crippen LogP contribution >= 0.6 is 0 Å². The van der Waals surface area contributed by atoms with E-state index < -0.39 is 11.9 Å². The lowest BCUT2D eigenvalue weighted by Crippen LogP contribution is -2.20. The third-order valence-electron chi connectivity index (χ3n) is 2.43. The summed E-state index contributed by atoms with van der Waals surface area (Å²) in [4.78, 5) is 0. The lowest BCUT2D eigenvalue weighted by Gasteiger charge is -2.21. The van der Waals surface area contributed by atoms with Gasteiger partial charge in [0.2, 0.25) is 0 Å². The smallest absolute Gasteiger partial charge is 0.197 e. The summed E-state index contributed by atoms with van der Waals surface area (Å²) in [5, 5.41) is 12.5. The van der Waals surface area contributed by atoms with Crippen LogP contribution in [-0.2, 0) is 0 Å². The molecule has 1 atom stereocenters. The third kappa shape index (κ3) is 1.96. The van der Waals surface area contributed by atoms with E-state index in [1.807, 2.05) is 0 Å². The van der Waals surface area contributed by atoms with Crippen molar-refractivity contribution >= 4 is 0 Å². The minimum atomic E-state index is -0.888. The van der Waals surface area contributed by atoms with Crippen LogP contribution in [0.25, 0.3) is 0 Å². The Balaban J connectivity index is 2.33. The summed E-state index contributed by atoms with van der Waals surface area (Å²) in [5.74, 6) is -0.0528. The minimum Gasteiger partial charge on any atom is -0.486 e. The average molecular weight is 227 g/mol. The van der Waals surface area contributed by atoms with Gasteiger partial charge in [-0.3, -0.25) is 0 Å². The molecule has 88 valence electrons. The highest BCUT2D eigenvalue weighted by atomic mass is 19.1. The first kappa shape index (κ1) is 11.2. The average Bonchev–Trinajstić information content (AvgIpc) is 2.30. The Bertz CT molecular complexity index is 384. The molecule has 0 aromatic heterocycles. The second kappa shape index (κ2) is 4.67. The highest BCUT2D eigenvalue weighted by molar-refractivity contribution is 5.46. The number of aliphatic hydroxyl groups excluding tert-OH is 1. The van der Waals surface area contributed by atoms with E-state index in [0.29, 0.717) is 19.0 Å². The molecule has 4 nitrogen and oxygen atoms in total. The molecule has 0 bridgehead atoms. The van der Waals surface area contributed by atoms with E-state index in [4.69, 9.17) is 9.47 Å². The SMILES string of the molecule is CNCC(O)c1ccc2c(c1F)OCCO2. The van der Waals surface area contributed by atoms with Crippen LogP contribution in [0, 0.1) is 5.82 Å². The summed E-state index contributed by atoms with van der Waals surface area (Å²) < 4.78 is 24.4. The second-order valence-corrected chi connectivity index (χ2v) is 3.57. The van der Waals surface area contributed by atoms with Gasteiger partial charge in [-0.05, 0) is 19.2 Å². The van der Waals surface area contributed by atoms with Gasteiger partial charge in [0.1, 0.15) is 13.2 Å². The zero-order valence-electron chi connectivity index (χ0n) is 9.00. The van der Waals surface area contributed by atoms with E-state index in [1.54, 1.807) is 13.1 Å². The van der Waals surface area contributed by atoms with Crippen molar-refractivity contribution in [1.29, 1.82) is 0 Å². The molecule has 1 heterocycles. The summed E-state index contributed by atoms with van der Waals surface area (Å²) in [6.45, 7) is 1.04. The molecule has 0 fully saturated rings. The number of aliphatic hydroxyl groups is 1. The quantitative estimate of drug-likeness (QED) is 0.803. The predicted octanol–water partition coefficient (Wildman–Crippen LogP) is 0.850. The van der Waals surface area contributed by atoms with E-state index in [0.717, 1.165) is 0 Å². The van der Waals surface area contributed by atoms with Gasteiger partial charge in [-0.15, -0.1) is 0 Å². The van der Waals surface area contributed by atoms with Crippen LogP contribution < -0.4 is 14.8 Å². The lowest BCUT2D eigenvalue weighted by molar-refractivity contribution is 0.153. The molecule has 1 aromatic rings. The first-order valence-electron chi connectivity index (χ1n) is 5.14. The largest absolute Gasteiger partial charge is 0.486 e. The molecule has 16 heavy (non-hydrogen) atoms. The van der Waals surface area contributed by atoms with Gasteiger partial charge in [-0.2, -0.15) is 0 Å². The van der Waals surface area contributed by atoms with E-state index in [9.17, 15) is 9.50 Å². The fourth-order valence-electron chi connectivity index (χ4n) is 1.66. The van der Waals surface area contributed by atoms with Crippen LogP contribution in [0.2, 0.25) is 0 Å². The van der Waals surface area contributed by atoms with Crippen molar-refractivity contribution < 1.29 is 19.0 Å². The summed E-state index contributed by atoms with van der Waals surface area (Å²) in [7, 11) is 1.69. The first-order chi connectivity index (χ1) is 7.74. The van der Waals surface area contributed by atoms with E-state index >= 15 is 0 Å². The number of rotatable bonds is 3. The summed E-state index contributed by atoms with van der Waals surface area (Å²) in [5.41, 5.74) is 0.221. The maximum atomic E-state index is 13.9. The van der Waals surface area contributed by atoms with Crippen LogP contribution in [0.4, 0.5) is 4.39 Å². The summed E-state index contributed by atoms with van der Waals surface area (Å²) in [6.07, 6.45) is -0.888. The number of ether oxygens (including phenoxy) is 2. The molecule has 0 aliphatic carbocycles. The van der Waals surface area contributed by atoms with Crippen LogP contribution in [0.15, 0.2) is 12.1 Å². The number of likely N-dealkylation sites (N-methyl/N-ethyl adjacent to an activating group) is 1. The summed E-state index contributed by atoms with van der Waals surface area (Å²) in [6, 6.07) is 3.14. The number of halogens is 1. The molecule has 0 spiro atoms. The molecule has 5 heteroatoms. The Labute approximate surface area is 93.0 Å². The Morgan fingerprint density at radius 1 is 1.44 bits per heavy atom. The molecular formula is C11H14FNO3. The zero-order valence-corrected chi connectivity index (χ0v) is 9.00. The summed E-state index contributed by atoms with van der Waals surface area (Å²) >= 11 is 0. The van der Waals surface area contributed by atoms with Crippen molar-refractivity contribution in [3.63, 3.8) is 0 Å². The van der Waals surface area contributed by atoms with Gasteiger partial charge in [-0.1, -0.05) is 0 Å². The second-order valence-electron chi connectivity index (χ2n) is 3.57. The number of hydrogen-bond donors (Lipinski definition) is 2. The zero-order chi connectivity index (χ0) is 11.5. The number of benzene rings is 1. The molecule has 2 N–H and O–H groups in total. The van der Waals surface area contributed by atoms with Crippen LogP contribution in [0.1, 0.15) is 11.7 Å². The van der Waals surface area contributed by atoms with Crippen LogP contribution in [0.5, 0.6) is 11.5 Å². The number of nitrogens with one attached hydrogen (secondary N) is 1. The van der Waals surface area contributed by atoms with Crippen LogP contribution in [-0.4, -0.2) is 31.9 Å². The van der Waals surface area contributed by atoms with Crippen molar-refractivity contribution in [1.82, 2.24) is 5.32 Å². The van der Waals surface area contributed by atoms with Gasteiger partial charge in [0.25, 0.3) is 0 Å². The fourth-order valence-corrected chi connectivity index (χ4v) is 1.66. The van der Waals surface area contributed by atoms with Gasteiger partial charge in [0, 0.05) is 12.1 Å². The van der Waals surface area contributed by atoms with Crippen molar-refractivity contribution in [2.75, 3.05) is 26.8 Å². The third-order valence-corrected chi connectivity index (χ3v) is 2.43. The minimum absolute atomic E-state index is 0.0962.